The number of benzene rings is 1. The first-order valence-electron chi connectivity index (χ1n) is 8.08. The molecule has 1 saturated heterocycles. The number of nitrogens with zero attached hydrogens (tertiary/aromatic N) is 4. The predicted octanol–water partition coefficient (Wildman–Crippen LogP) is 1.49. The lowest BCUT2D eigenvalue weighted by Gasteiger charge is -2.30. The van der Waals surface area contributed by atoms with E-state index >= 15 is 0 Å². The van der Waals surface area contributed by atoms with Crippen LogP contribution in [-0.2, 0) is 0 Å². The minimum atomic E-state index is -0.454. The van der Waals surface area contributed by atoms with Crippen molar-refractivity contribution in [3.63, 3.8) is 0 Å². The first-order chi connectivity index (χ1) is 12.0. The van der Waals surface area contributed by atoms with Crippen molar-refractivity contribution in [1.82, 2.24) is 19.5 Å². The fourth-order valence-electron chi connectivity index (χ4n) is 2.71. The second-order valence-corrected chi connectivity index (χ2v) is 6.56. The van der Waals surface area contributed by atoms with Gasteiger partial charge in [0.1, 0.15) is 5.56 Å². The molecule has 1 aromatic heterocycles. The van der Waals surface area contributed by atoms with Gasteiger partial charge in [-0.1, -0.05) is 12.1 Å². The number of rotatable bonds is 3. The highest BCUT2D eigenvalue weighted by Gasteiger charge is 2.15. The molecule has 132 valence electrons. The van der Waals surface area contributed by atoms with E-state index in [1.807, 2.05) is 36.2 Å². The van der Waals surface area contributed by atoms with Gasteiger partial charge in [-0.05, 0) is 43.9 Å². The Bertz CT molecular complexity index is 910. The van der Waals surface area contributed by atoms with Gasteiger partial charge in [0, 0.05) is 26.2 Å². The fourth-order valence-corrected chi connectivity index (χ4v) is 3.00. The molecule has 1 aliphatic rings. The van der Waals surface area contributed by atoms with E-state index in [4.69, 9.17) is 12.2 Å². The molecule has 2 heterocycles. The number of nitrogens with one attached hydrogen (secondary N) is 1. The van der Waals surface area contributed by atoms with Crippen LogP contribution in [0.2, 0.25) is 0 Å². The van der Waals surface area contributed by atoms with Crippen LogP contribution in [0, 0.1) is 11.7 Å². The van der Waals surface area contributed by atoms with Gasteiger partial charge < -0.3 is 10.0 Å². The molecule has 7 nitrogen and oxygen atoms in total. The predicted molar refractivity (Wildman–Crippen MR) is 100 cm³/mol. The molecule has 3 rings (SSSR count). The number of aromatic amines is 1. The number of H-pyrrole nitrogens is 1. The molecule has 0 atom stereocenters. The van der Waals surface area contributed by atoms with Gasteiger partial charge in [-0.25, -0.2) is 0 Å². The van der Waals surface area contributed by atoms with Crippen molar-refractivity contribution in [2.75, 3.05) is 33.2 Å². The summed E-state index contributed by atoms with van der Waals surface area (Å²) in [5.41, 5.74) is 1.35. The normalized spacial score (nSPS) is 15.8. The largest absolute Gasteiger partial charge is 0.494 e. The zero-order chi connectivity index (χ0) is 18.0. The van der Waals surface area contributed by atoms with Crippen molar-refractivity contribution in [2.24, 2.45) is 5.10 Å². The Balaban J connectivity index is 1.99. The zero-order valence-electron chi connectivity index (χ0n) is 14.3. The molecule has 1 aliphatic heterocycles. The molecule has 0 radical (unpaired) electrons. The Morgan fingerprint density at radius 1 is 1.28 bits per heavy atom. The number of hydrazone groups is 1. The van der Waals surface area contributed by atoms with Crippen molar-refractivity contribution >= 4 is 18.4 Å². The monoisotopic (exact) mass is 359 g/mol. The molecule has 0 bridgehead atoms. The molecule has 0 saturated carbocycles. The van der Waals surface area contributed by atoms with Gasteiger partial charge in [-0.3, -0.25) is 19.4 Å². The van der Waals surface area contributed by atoms with Crippen molar-refractivity contribution in [1.29, 1.82) is 0 Å². The highest BCUT2D eigenvalue weighted by molar-refractivity contribution is 7.71. The van der Waals surface area contributed by atoms with Crippen LogP contribution in [0.15, 0.2) is 34.2 Å². The number of hydrogen-bond donors (Lipinski definition) is 2. The molecule has 0 amide bonds. The second-order valence-electron chi connectivity index (χ2n) is 6.17. The molecule has 0 spiro atoms. The Morgan fingerprint density at radius 2 is 2.00 bits per heavy atom. The van der Waals surface area contributed by atoms with Crippen LogP contribution in [0.5, 0.6) is 5.88 Å². The lowest BCUT2D eigenvalue weighted by molar-refractivity contribution is 0.159. The molecule has 1 fully saturated rings. The molecule has 1 aromatic carbocycles. The first kappa shape index (κ1) is 17.4. The summed E-state index contributed by atoms with van der Waals surface area (Å²) in [5, 5.41) is 16.9. The van der Waals surface area contributed by atoms with Crippen LogP contribution in [0.1, 0.15) is 11.1 Å². The molecule has 0 unspecified atom stereocenters. The third-order valence-corrected chi connectivity index (χ3v) is 4.50. The van der Waals surface area contributed by atoms with E-state index in [-0.39, 0.29) is 16.2 Å². The van der Waals surface area contributed by atoms with Crippen LogP contribution in [-0.4, -0.2) is 64.0 Å². The minimum absolute atomic E-state index is 0.0917. The maximum atomic E-state index is 12.2. The van der Waals surface area contributed by atoms with Crippen LogP contribution < -0.4 is 5.56 Å². The zero-order valence-corrected chi connectivity index (χ0v) is 15.1. The molecule has 2 aromatic rings. The maximum absolute atomic E-state index is 12.2. The highest BCUT2D eigenvalue weighted by atomic mass is 32.1. The van der Waals surface area contributed by atoms with E-state index in [9.17, 15) is 9.90 Å². The van der Waals surface area contributed by atoms with Gasteiger partial charge in [0.2, 0.25) is 5.88 Å². The third-order valence-electron chi connectivity index (χ3n) is 4.21. The Labute approximate surface area is 150 Å². The van der Waals surface area contributed by atoms with Gasteiger partial charge in [0.05, 0.1) is 11.9 Å². The summed E-state index contributed by atoms with van der Waals surface area (Å²) in [7, 11) is 2.06. The standard InChI is InChI=1S/C17H21N5O2S/c1-12-4-3-5-13(10-12)22-16(24)14(15(23)19-17(22)25)11-18-21-8-6-20(2)7-9-21/h3-5,10-11,24H,6-9H2,1-2H3,(H,19,23,25). The number of piperazine rings is 1. The summed E-state index contributed by atoms with van der Waals surface area (Å²) in [6.07, 6.45) is 1.40. The average molecular weight is 359 g/mol. The SMILES string of the molecule is Cc1cccc(-n2c(O)c(C=NN3CCN(C)CC3)c(=O)[nH]c2=S)c1. The quantitative estimate of drug-likeness (QED) is 0.641. The van der Waals surface area contributed by atoms with Crippen LogP contribution in [0.4, 0.5) is 0 Å². The maximum Gasteiger partial charge on any atom is 0.264 e. The van der Waals surface area contributed by atoms with Crippen molar-refractivity contribution in [3.05, 3.63) is 50.5 Å². The van der Waals surface area contributed by atoms with Crippen molar-refractivity contribution in [2.45, 2.75) is 6.92 Å². The Hall–Kier alpha value is -2.45. The number of likely N-dealkylation sites (N-methyl/N-ethyl adjacent to an activating group) is 1. The third kappa shape index (κ3) is 3.80. The Kier molecular flexibility index (Phi) is 5.00. The highest BCUT2D eigenvalue weighted by Crippen LogP contribution is 2.19. The van der Waals surface area contributed by atoms with Crippen LogP contribution in [0.3, 0.4) is 0 Å². The van der Waals surface area contributed by atoms with Crippen LogP contribution >= 0.6 is 12.2 Å². The molecule has 25 heavy (non-hydrogen) atoms. The van der Waals surface area contributed by atoms with Gasteiger partial charge in [-0.2, -0.15) is 5.10 Å². The van der Waals surface area contributed by atoms with Crippen molar-refractivity contribution in [3.8, 4) is 11.6 Å². The fraction of sp³-hybridized carbons (Fsp3) is 0.353. The van der Waals surface area contributed by atoms with E-state index in [0.717, 1.165) is 31.7 Å². The lowest BCUT2D eigenvalue weighted by atomic mass is 10.2. The number of aromatic nitrogens is 2. The number of aryl methyl sites for hydroxylation is 1. The minimum Gasteiger partial charge on any atom is -0.494 e. The Morgan fingerprint density at radius 3 is 2.68 bits per heavy atom. The summed E-state index contributed by atoms with van der Waals surface area (Å²) in [6.45, 7) is 5.33. The van der Waals surface area contributed by atoms with Gasteiger partial charge >= 0.3 is 0 Å². The van der Waals surface area contributed by atoms with Crippen molar-refractivity contribution < 1.29 is 5.11 Å². The molecular weight excluding hydrogens is 338 g/mol. The van der Waals surface area contributed by atoms with Crippen LogP contribution in [0.25, 0.3) is 5.69 Å². The summed E-state index contributed by atoms with van der Waals surface area (Å²) >= 11 is 5.22. The summed E-state index contributed by atoms with van der Waals surface area (Å²) in [5.74, 6) is -0.211. The first-order valence-corrected chi connectivity index (χ1v) is 8.49. The topological polar surface area (TPSA) is 76.9 Å². The number of aromatic hydroxyl groups is 1. The molecule has 0 aliphatic carbocycles. The molecule has 8 heteroatoms. The van der Waals surface area contributed by atoms with E-state index < -0.39 is 5.56 Å². The van der Waals surface area contributed by atoms with Gasteiger partial charge in [0.15, 0.2) is 4.77 Å². The smallest absolute Gasteiger partial charge is 0.264 e. The molecule has 2 N–H and O–H groups in total. The second kappa shape index (κ2) is 7.20. The van der Waals surface area contributed by atoms with Gasteiger partial charge in [-0.15, -0.1) is 0 Å². The van der Waals surface area contributed by atoms with E-state index in [2.05, 4.69) is 22.0 Å². The average Bonchev–Trinajstić information content (AvgIpc) is 2.56. The van der Waals surface area contributed by atoms with E-state index in [1.165, 1.54) is 10.8 Å². The summed E-state index contributed by atoms with van der Waals surface area (Å²) in [4.78, 5) is 17.0. The summed E-state index contributed by atoms with van der Waals surface area (Å²) < 4.78 is 1.58. The number of hydrogen-bond acceptors (Lipinski definition) is 6. The van der Waals surface area contributed by atoms with Gasteiger partial charge in [0.25, 0.3) is 5.56 Å². The van der Waals surface area contributed by atoms with E-state index in [0.29, 0.717) is 5.69 Å². The summed E-state index contributed by atoms with van der Waals surface area (Å²) in [6, 6.07) is 7.53. The van der Waals surface area contributed by atoms with E-state index in [1.54, 1.807) is 0 Å². The molecular formula is C17H21N5O2S. The lowest BCUT2D eigenvalue weighted by Crippen LogP contribution is -2.41.